The fourth-order valence-corrected chi connectivity index (χ4v) is 2.94. The Kier molecular flexibility index (Phi) is 7.00. The van der Waals surface area contributed by atoms with E-state index in [4.69, 9.17) is 5.84 Å². The van der Waals surface area contributed by atoms with E-state index < -0.39 is 6.61 Å². The molecule has 1 heterocycles. The lowest BCUT2D eigenvalue weighted by Crippen LogP contribution is -2.28. The van der Waals surface area contributed by atoms with Gasteiger partial charge in [0.2, 0.25) is 11.1 Å². The average Bonchev–Trinajstić information content (AvgIpc) is 2.95. The summed E-state index contributed by atoms with van der Waals surface area (Å²) >= 11 is 1.21. The van der Waals surface area contributed by atoms with Gasteiger partial charge >= 0.3 is 6.61 Å². The molecule has 0 atom stereocenters. The van der Waals surface area contributed by atoms with Gasteiger partial charge in [0, 0.05) is 12.0 Å². The third-order valence-corrected chi connectivity index (χ3v) is 4.50. The molecule has 148 valence electrons. The molecular formula is C17H23F2N5O2S. The number of hydrogen-bond donors (Lipinski definition) is 2. The number of amides is 1. The molecule has 3 N–H and O–H groups in total. The van der Waals surface area contributed by atoms with E-state index in [1.807, 2.05) is 20.8 Å². The Hall–Kier alpha value is -2.36. The van der Waals surface area contributed by atoms with Crippen LogP contribution in [0.5, 0.6) is 5.75 Å². The van der Waals surface area contributed by atoms with Gasteiger partial charge in [-0.15, -0.1) is 10.2 Å². The van der Waals surface area contributed by atoms with Crippen molar-refractivity contribution in [1.29, 1.82) is 0 Å². The van der Waals surface area contributed by atoms with Crippen molar-refractivity contribution in [2.24, 2.45) is 0 Å². The van der Waals surface area contributed by atoms with Crippen LogP contribution in [0.15, 0.2) is 29.4 Å². The van der Waals surface area contributed by atoms with Crippen LogP contribution < -0.4 is 15.9 Å². The Labute approximate surface area is 160 Å². The molecule has 0 saturated carbocycles. The van der Waals surface area contributed by atoms with Crippen molar-refractivity contribution >= 4 is 17.7 Å². The Morgan fingerprint density at radius 3 is 2.52 bits per heavy atom. The van der Waals surface area contributed by atoms with Crippen LogP contribution in [0, 0.1) is 0 Å². The highest BCUT2D eigenvalue weighted by Gasteiger charge is 2.23. The maximum Gasteiger partial charge on any atom is 0.387 e. The highest BCUT2D eigenvalue weighted by Crippen LogP contribution is 2.23. The third-order valence-electron chi connectivity index (χ3n) is 3.55. The zero-order chi connectivity index (χ0) is 20.0. The van der Waals surface area contributed by atoms with Gasteiger partial charge in [-0.1, -0.05) is 44.7 Å². The van der Waals surface area contributed by atoms with Crippen LogP contribution in [0.4, 0.5) is 8.78 Å². The first kappa shape index (κ1) is 20.9. The number of halogens is 2. The molecule has 0 radical (unpaired) electrons. The van der Waals surface area contributed by atoms with Crippen molar-refractivity contribution in [2.75, 3.05) is 18.1 Å². The molecule has 7 nitrogen and oxygen atoms in total. The Bertz CT molecular complexity index is 760. The van der Waals surface area contributed by atoms with E-state index in [0.717, 1.165) is 5.56 Å². The summed E-state index contributed by atoms with van der Waals surface area (Å²) in [7, 11) is 0. The van der Waals surface area contributed by atoms with Crippen LogP contribution in [0.1, 0.15) is 32.2 Å². The fourth-order valence-electron chi connectivity index (χ4n) is 2.25. The van der Waals surface area contributed by atoms with Gasteiger partial charge in [0.25, 0.3) is 0 Å². The van der Waals surface area contributed by atoms with E-state index in [1.165, 1.54) is 28.6 Å². The second-order valence-electron chi connectivity index (χ2n) is 6.84. The van der Waals surface area contributed by atoms with E-state index >= 15 is 0 Å². The van der Waals surface area contributed by atoms with Crippen molar-refractivity contribution in [3.8, 4) is 5.75 Å². The summed E-state index contributed by atoms with van der Waals surface area (Å²) in [6.45, 7) is 3.53. The summed E-state index contributed by atoms with van der Waals surface area (Å²) in [5.74, 6) is 6.74. The first-order chi connectivity index (χ1) is 12.7. The normalized spacial score (nSPS) is 11.6. The van der Waals surface area contributed by atoms with Crippen molar-refractivity contribution in [2.45, 2.75) is 44.4 Å². The number of alkyl halides is 2. The van der Waals surface area contributed by atoms with Crippen LogP contribution in [0.3, 0.4) is 0 Å². The average molecular weight is 399 g/mol. The van der Waals surface area contributed by atoms with Gasteiger partial charge in [0.15, 0.2) is 5.82 Å². The number of ether oxygens (including phenoxy) is 1. The van der Waals surface area contributed by atoms with E-state index in [9.17, 15) is 13.6 Å². The van der Waals surface area contributed by atoms with E-state index in [2.05, 4.69) is 20.3 Å². The molecule has 0 aliphatic rings. The first-order valence-electron chi connectivity index (χ1n) is 8.31. The molecular weight excluding hydrogens is 376 g/mol. The van der Waals surface area contributed by atoms with Gasteiger partial charge < -0.3 is 15.9 Å². The number of nitrogens with zero attached hydrogens (tertiary/aromatic N) is 3. The topological polar surface area (TPSA) is 95.1 Å². The monoisotopic (exact) mass is 399 g/mol. The molecule has 0 aliphatic carbocycles. The van der Waals surface area contributed by atoms with Gasteiger partial charge in [-0.3, -0.25) is 4.79 Å². The number of carbonyl (C=O) groups excluding carboxylic acids is 1. The predicted molar refractivity (Wildman–Crippen MR) is 99.4 cm³/mol. The fraction of sp³-hybridized carbons (Fsp3) is 0.471. The third kappa shape index (κ3) is 6.38. The second kappa shape index (κ2) is 9.03. The summed E-state index contributed by atoms with van der Waals surface area (Å²) in [6.07, 6.45) is 0.576. The largest absolute Gasteiger partial charge is 0.435 e. The highest BCUT2D eigenvalue weighted by molar-refractivity contribution is 7.99. The standard InChI is InChI=1S/C17H23F2N5O2S/c1-17(2,3)14-22-23-16(24(14)20)27-10-13(25)21-9-8-11-4-6-12(7-5-11)26-15(18)19/h4-7,15H,8-10,20H2,1-3H3,(H,21,25). The van der Waals surface area contributed by atoms with Crippen molar-refractivity contribution in [1.82, 2.24) is 20.2 Å². The van der Waals surface area contributed by atoms with Crippen molar-refractivity contribution in [3.63, 3.8) is 0 Å². The quantitative estimate of drug-likeness (QED) is 0.523. The smallest absolute Gasteiger partial charge is 0.387 e. The molecule has 1 amide bonds. The molecule has 2 rings (SSSR count). The Morgan fingerprint density at radius 2 is 1.96 bits per heavy atom. The minimum absolute atomic E-state index is 0.106. The summed E-state index contributed by atoms with van der Waals surface area (Å²) in [5, 5.41) is 11.4. The van der Waals surface area contributed by atoms with E-state index in [-0.39, 0.29) is 22.8 Å². The summed E-state index contributed by atoms with van der Waals surface area (Å²) in [6, 6.07) is 6.31. The van der Waals surface area contributed by atoms with Crippen LogP contribution in [0.2, 0.25) is 0 Å². The minimum Gasteiger partial charge on any atom is -0.435 e. The van der Waals surface area contributed by atoms with Gasteiger partial charge in [-0.25, -0.2) is 4.68 Å². The number of carbonyl (C=O) groups is 1. The number of aromatic nitrogens is 3. The highest BCUT2D eigenvalue weighted by atomic mass is 32.2. The molecule has 10 heteroatoms. The molecule has 0 spiro atoms. The molecule has 1 aromatic carbocycles. The molecule has 0 bridgehead atoms. The summed E-state index contributed by atoms with van der Waals surface area (Å²) < 4.78 is 29.9. The molecule has 0 saturated heterocycles. The van der Waals surface area contributed by atoms with Gasteiger partial charge in [0.1, 0.15) is 5.75 Å². The zero-order valence-electron chi connectivity index (χ0n) is 15.4. The van der Waals surface area contributed by atoms with Gasteiger partial charge in [0.05, 0.1) is 5.75 Å². The Morgan fingerprint density at radius 1 is 1.30 bits per heavy atom. The van der Waals surface area contributed by atoms with E-state index in [0.29, 0.717) is 23.9 Å². The SMILES string of the molecule is CC(C)(C)c1nnc(SCC(=O)NCCc2ccc(OC(F)F)cc2)n1N. The summed E-state index contributed by atoms with van der Waals surface area (Å²) in [4.78, 5) is 12.0. The lowest BCUT2D eigenvalue weighted by atomic mass is 9.96. The first-order valence-corrected chi connectivity index (χ1v) is 9.29. The van der Waals surface area contributed by atoms with Gasteiger partial charge in [-0.05, 0) is 24.1 Å². The van der Waals surface area contributed by atoms with Crippen LogP contribution in [-0.2, 0) is 16.6 Å². The number of thioether (sulfide) groups is 1. The molecule has 0 unspecified atom stereocenters. The van der Waals surface area contributed by atoms with Crippen LogP contribution in [-0.4, -0.2) is 39.7 Å². The Balaban J connectivity index is 1.75. The molecule has 0 fully saturated rings. The van der Waals surface area contributed by atoms with Crippen LogP contribution >= 0.6 is 11.8 Å². The number of rotatable bonds is 8. The molecule has 2 aromatic rings. The maximum absolute atomic E-state index is 12.1. The molecule has 27 heavy (non-hydrogen) atoms. The van der Waals surface area contributed by atoms with Crippen molar-refractivity contribution in [3.05, 3.63) is 35.7 Å². The second-order valence-corrected chi connectivity index (χ2v) is 7.78. The lowest BCUT2D eigenvalue weighted by molar-refractivity contribution is -0.118. The summed E-state index contributed by atoms with van der Waals surface area (Å²) in [5.41, 5.74) is 0.666. The van der Waals surface area contributed by atoms with E-state index in [1.54, 1.807) is 12.1 Å². The number of hydrogen-bond acceptors (Lipinski definition) is 6. The van der Waals surface area contributed by atoms with Crippen molar-refractivity contribution < 1.29 is 18.3 Å². The number of nitrogens with one attached hydrogen (secondary N) is 1. The van der Waals surface area contributed by atoms with Gasteiger partial charge in [-0.2, -0.15) is 8.78 Å². The number of benzene rings is 1. The number of nitrogen functional groups attached to an aromatic ring is 1. The lowest BCUT2D eigenvalue weighted by Gasteiger charge is -2.16. The predicted octanol–water partition coefficient (Wildman–Crippen LogP) is 2.34. The number of nitrogens with two attached hydrogens (primary N) is 1. The minimum atomic E-state index is -2.84. The zero-order valence-corrected chi connectivity index (χ0v) is 16.2. The molecule has 0 aliphatic heterocycles. The molecule has 1 aromatic heterocycles. The maximum atomic E-state index is 12.1. The van der Waals surface area contributed by atoms with Crippen LogP contribution in [0.25, 0.3) is 0 Å².